The maximum absolute atomic E-state index is 9.75. The summed E-state index contributed by atoms with van der Waals surface area (Å²) in [6.07, 6.45) is 0. The predicted octanol–water partition coefficient (Wildman–Crippen LogP) is 3.57. The van der Waals surface area contributed by atoms with Crippen LogP contribution in [0.25, 0.3) is 0 Å². The van der Waals surface area contributed by atoms with Crippen molar-refractivity contribution in [3.05, 3.63) is 30.3 Å². The zero-order chi connectivity index (χ0) is 12.8. The molecule has 6 heteroatoms. The zero-order valence-electron chi connectivity index (χ0n) is 9.63. The molecule has 0 saturated heterocycles. The van der Waals surface area contributed by atoms with E-state index in [1.54, 1.807) is 0 Å². The summed E-state index contributed by atoms with van der Waals surface area (Å²) in [4.78, 5) is 0. The Kier molecular flexibility index (Phi) is 5.51. The van der Waals surface area contributed by atoms with E-state index in [4.69, 9.17) is 0 Å². The molecule has 0 unspecified atom stereocenters. The van der Waals surface area contributed by atoms with Crippen molar-refractivity contribution in [1.29, 1.82) is 0 Å². The van der Waals surface area contributed by atoms with Crippen LogP contribution in [-0.4, -0.2) is 27.9 Å². The Labute approximate surface area is 93.4 Å². The maximum Gasteiger partial charge on any atom is 0.673 e. The number of quaternary nitrogens is 1. The Morgan fingerprint density at radius 2 is 1.38 bits per heavy atom. The largest absolute Gasteiger partial charge is 0.673 e. The van der Waals surface area contributed by atoms with Crippen molar-refractivity contribution in [2.45, 2.75) is 6.92 Å². The van der Waals surface area contributed by atoms with E-state index in [1.807, 2.05) is 0 Å². The molecule has 0 spiro atoms. The molecule has 0 aliphatic heterocycles. The Morgan fingerprint density at radius 1 is 1.00 bits per heavy atom. The minimum absolute atomic E-state index is 0.959. The summed E-state index contributed by atoms with van der Waals surface area (Å²) in [5, 5.41) is 0. The van der Waals surface area contributed by atoms with Crippen molar-refractivity contribution in [3.8, 4) is 0 Å². The highest BCUT2D eigenvalue weighted by Gasteiger charge is 2.20. The Bertz CT molecular complexity index is 291. The molecule has 1 aromatic carbocycles. The van der Waals surface area contributed by atoms with Crippen molar-refractivity contribution >= 4 is 12.9 Å². The Balaban J connectivity index is 0.000000385. The molecule has 1 nitrogen and oxygen atoms in total. The summed E-state index contributed by atoms with van der Waals surface area (Å²) in [6, 6.07) is 10.6. The van der Waals surface area contributed by atoms with Crippen molar-refractivity contribution in [2.75, 3.05) is 20.6 Å². The summed E-state index contributed by atoms with van der Waals surface area (Å²) in [5.41, 5.74) is 1.37. The molecular weight excluding hydrogens is 221 g/mol. The number of hydrogen-bond acceptors (Lipinski definition) is 0. The Morgan fingerprint density at radius 3 is 1.69 bits per heavy atom. The molecule has 0 bridgehead atoms. The standard InChI is InChI=1S/C10H16N.BF4/c1-4-11(2,3)10-8-6-5-7-9-10;2-1(3,4)5/h5-9H,4H2,1-3H3;/q+1;-1. The van der Waals surface area contributed by atoms with Gasteiger partial charge in [-0.25, -0.2) is 0 Å². The number of halogens is 4. The van der Waals surface area contributed by atoms with Crippen molar-refractivity contribution in [3.63, 3.8) is 0 Å². The van der Waals surface area contributed by atoms with Gasteiger partial charge in [0.25, 0.3) is 0 Å². The van der Waals surface area contributed by atoms with Gasteiger partial charge in [-0.15, -0.1) is 0 Å². The molecule has 0 aliphatic rings. The lowest BCUT2D eigenvalue weighted by molar-refractivity contribution is 0.368. The summed E-state index contributed by atoms with van der Waals surface area (Å²) < 4.78 is 40.0. The van der Waals surface area contributed by atoms with Crippen LogP contribution in [0.1, 0.15) is 6.92 Å². The smallest absolute Gasteiger partial charge is 0.418 e. The van der Waals surface area contributed by atoms with Gasteiger partial charge in [-0.2, -0.15) is 0 Å². The van der Waals surface area contributed by atoms with Gasteiger partial charge in [0.1, 0.15) is 5.69 Å². The first-order valence-corrected chi connectivity index (χ1v) is 4.92. The van der Waals surface area contributed by atoms with Crippen LogP contribution in [0.15, 0.2) is 30.3 Å². The van der Waals surface area contributed by atoms with Gasteiger partial charge < -0.3 is 17.3 Å². The SMILES string of the molecule is CC[N+](C)(C)c1ccccc1.F[B-](F)(F)F. The minimum atomic E-state index is -6.00. The number of hydrogen-bond donors (Lipinski definition) is 0. The second kappa shape index (κ2) is 5.89. The average Bonchev–Trinajstić information content (AvgIpc) is 2.17. The molecular formula is C10H16BF4N. The van der Waals surface area contributed by atoms with Crippen molar-refractivity contribution in [1.82, 2.24) is 4.48 Å². The van der Waals surface area contributed by atoms with E-state index in [-0.39, 0.29) is 0 Å². The first kappa shape index (κ1) is 15.0. The predicted molar refractivity (Wildman–Crippen MR) is 60.8 cm³/mol. The normalized spacial score (nSPS) is 11.7. The van der Waals surface area contributed by atoms with Gasteiger partial charge in [-0.3, -0.25) is 4.48 Å². The van der Waals surface area contributed by atoms with E-state index in [2.05, 4.69) is 51.4 Å². The molecule has 0 amide bonds. The summed E-state index contributed by atoms with van der Waals surface area (Å²) >= 11 is 0. The highest BCUT2D eigenvalue weighted by molar-refractivity contribution is 6.50. The monoisotopic (exact) mass is 237 g/mol. The van der Waals surface area contributed by atoms with Crippen LogP contribution in [0.4, 0.5) is 23.0 Å². The molecule has 1 aromatic rings. The summed E-state index contributed by atoms with van der Waals surface area (Å²) in [5.74, 6) is 0. The van der Waals surface area contributed by atoms with Crippen molar-refractivity contribution in [2.24, 2.45) is 0 Å². The topological polar surface area (TPSA) is 0 Å². The lowest BCUT2D eigenvalue weighted by Crippen LogP contribution is -2.39. The van der Waals surface area contributed by atoms with Crippen molar-refractivity contribution < 1.29 is 17.3 Å². The van der Waals surface area contributed by atoms with Gasteiger partial charge in [0.2, 0.25) is 0 Å². The van der Waals surface area contributed by atoms with Gasteiger partial charge in [-0.05, 0) is 19.1 Å². The van der Waals surface area contributed by atoms with E-state index in [0.717, 1.165) is 11.0 Å². The highest BCUT2D eigenvalue weighted by atomic mass is 19.5. The van der Waals surface area contributed by atoms with Crippen LogP contribution in [-0.2, 0) is 0 Å². The first-order chi connectivity index (χ1) is 7.17. The fraction of sp³-hybridized carbons (Fsp3) is 0.400. The van der Waals surface area contributed by atoms with E-state index >= 15 is 0 Å². The quantitative estimate of drug-likeness (QED) is 0.419. The van der Waals surface area contributed by atoms with Gasteiger partial charge in [0.15, 0.2) is 0 Å². The maximum atomic E-state index is 9.75. The second-order valence-electron chi connectivity index (χ2n) is 3.83. The highest BCUT2D eigenvalue weighted by Crippen LogP contribution is 2.16. The second-order valence-corrected chi connectivity index (χ2v) is 3.83. The van der Waals surface area contributed by atoms with Gasteiger partial charge in [-0.1, -0.05) is 18.2 Å². The molecule has 0 fully saturated rings. The van der Waals surface area contributed by atoms with Crippen LogP contribution < -0.4 is 4.48 Å². The molecule has 0 aliphatic carbocycles. The third-order valence-corrected chi connectivity index (χ3v) is 2.25. The number of benzene rings is 1. The molecule has 0 aromatic heterocycles. The van der Waals surface area contributed by atoms with Gasteiger partial charge in [0.05, 0.1) is 20.6 Å². The van der Waals surface area contributed by atoms with Crippen LogP contribution in [0.5, 0.6) is 0 Å². The number of para-hydroxylation sites is 1. The lowest BCUT2D eigenvalue weighted by Gasteiger charge is -2.27. The van der Waals surface area contributed by atoms with Gasteiger partial charge >= 0.3 is 7.25 Å². The van der Waals surface area contributed by atoms with E-state index in [0.29, 0.717) is 0 Å². The van der Waals surface area contributed by atoms with Crippen LogP contribution in [0.3, 0.4) is 0 Å². The van der Waals surface area contributed by atoms with E-state index in [9.17, 15) is 17.3 Å². The van der Waals surface area contributed by atoms with Crippen LogP contribution in [0.2, 0.25) is 0 Å². The number of rotatable bonds is 2. The molecule has 0 saturated carbocycles. The van der Waals surface area contributed by atoms with E-state index in [1.165, 1.54) is 5.69 Å². The summed E-state index contributed by atoms with van der Waals surface area (Å²) in [6.45, 7) is 3.33. The fourth-order valence-electron chi connectivity index (χ4n) is 1.01. The minimum Gasteiger partial charge on any atom is -0.418 e. The lowest BCUT2D eigenvalue weighted by atomic mass is 10.2. The molecule has 1 rings (SSSR count). The molecule has 92 valence electrons. The van der Waals surface area contributed by atoms with E-state index < -0.39 is 7.25 Å². The van der Waals surface area contributed by atoms with Gasteiger partial charge in [0, 0.05) is 0 Å². The molecule has 0 N–H and O–H groups in total. The molecule has 0 radical (unpaired) electrons. The molecule has 16 heavy (non-hydrogen) atoms. The third-order valence-electron chi connectivity index (χ3n) is 2.25. The molecule has 0 atom stereocenters. The Hall–Kier alpha value is -1.04. The number of nitrogens with zero attached hydrogens (tertiary/aromatic N) is 1. The summed E-state index contributed by atoms with van der Waals surface area (Å²) in [7, 11) is -1.56. The third kappa shape index (κ3) is 7.28. The molecule has 0 heterocycles. The van der Waals surface area contributed by atoms with Crippen LogP contribution in [0, 0.1) is 0 Å². The zero-order valence-corrected chi connectivity index (χ0v) is 9.63. The average molecular weight is 237 g/mol. The first-order valence-electron chi connectivity index (χ1n) is 4.92. The fourth-order valence-corrected chi connectivity index (χ4v) is 1.01. The van der Waals surface area contributed by atoms with Crippen LogP contribution >= 0.6 is 0 Å².